The van der Waals surface area contributed by atoms with Crippen molar-refractivity contribution < 1.29 is 14.3 Å². The van der Waals surface area contributed by atoms with Crippen molar-refractivity contribution in [2.75, 3.05) is 12.4 Å². The van der Waals surface area contributed by atoms with Crippen LogP contribution in [0.3, 0.4) is 0 Å². The van der Waals surface area contributed by atoms with Gasteiger partial charge in [0.25, 0.3) is 5.91 Å². The lowest BCUT2D eigenvalue weighted by Gasteiger charge is -2.06. The number of aromatic amines is 1. The van der Waals surface area contributed by atoms with Crippen LogP contribution in [0.4, 0.5) is 5.69 Å². The fraction of sp³-hybridized carbons (Fsp3) is 0.125. The maximum Gasteiger partial charge on any atom is 0.337 e. The summed E-state index contributed by atoms with van der Waals surface area (Å²) in [6, 6.07) is 8.12. The number of aromatic nitrogens is 3. The van der Waals surface area contributed by atoms with Crippen LogP contribution < -0.4 is 5.32 Å². The van der Waals surface area contributed by atoms with Crippen molar-refractivity contribution >= 4 is 28.6 Å². The number of carbonyl (C=O) groups excluding carboxylic acids is 2. The zero-order valence-corrected chi connectivity index (χ0v) is 12.6. The number of anilines is 1. The van der Waals surface area contributed by atoms with E-state index < -0.39 is 5.97 Å². The number of fused-ring (bicyclic) bond motifs is 1. The molecule has 7 nitrogen and oxygen atoms in total. The third-order valence-corrected chi connectivity index (χ3v) is 3.40. The molecule has 0 aliphatic rings. The Hall–Kier alpha value is -3.22. The molecule has 7 heteroatoms. The van der Waals surface area contributed by atoms with Crippen LogP contribution in [0.5, 0.6) is 0 Å². The molecule has 0 aliphatic carbocycles. The van der Waals surface area contributed by atoms with Gasteiger partial charge in [-0.3, -0.25) is 9.89 Å². The summed E-state index contributed by atoms with van der Waals surface area (Å²) in [5.74, 6) is -0.824. The van der Waals surface area contributed by atoms with Gasteiger partial charge in [-0.1, -0.05) is 6.07 Å². The average molecular weight is 310 g/mol. The molecule has 116 valence electrons. The molecule has 2 heterocycles. The first-order valence-electron chi connectivity index (χ1n) is 6.89. The SMILES string of the molecule is COC(=O)c1cccc(C(=O)Nc2cnc3n[nH]c(C)c3c2)c1. The maximum absolute atomic E-state index is 12.3. The predicted octanol–water partition coefficient (Wildman–Crippen LogP) is 2.31. The summed E-state index contributed by atoms with van der Waals surface area (Å²) in [7, 11) is 1.29. The van der Waals surface area contributed by atoms with Crippen LogP contribution in [0.15, 0.2) is 36.5 Å². The van der Waals surface area contributed by atoms with Crippen molar-refractivity contribution in [1.82, 2.24) is 15.2 Å². The van der Waals surface area contributed by atoms with E-state index in [1.54, 1.807) is 24.3 Å². The standard InChI is InChI=1S/C16H14N4O3/c1-9-13-7-12(8-17-14(13)20-19-9)18-15(21)10-4-3-5-11(6-10)16(22)23-2/h3-8H,1-2H3,(H,18,21)(H,17,19,20). The smallest absolute Gasteiger partial charge is 0.337 e. The van der Waals surface area contributed by atoms with Gasteiger partial charge in [-0.05, 0) is 31.2 Å². The molecule has 0 spiro atoms. The zero-order valence-electron chi connectivity index (χ0n) is 12.6. The Morgan fingerprint density at radius 1 is 1.22 bits per heavy atom. The molecular weight excluding hydrogens is 296 g/mol. The minimum absolute atomic E-state index is 0.319. The van der Waals surface area contributed by atoms with Crippen molar-refractivity contribution in [3.05, 3.63) is 53.3 Å². The van der Waals surface area contributed by atoms with Gasteiger partial charge in [0.1, 0.15) is 0 Å². The Kier molecular flexibility index (Phi) is 3.76. The highest BCUT2D eigenvalue weighted by atomic mass is 16.5. The molecule has 0 saturated carbocycles. The fourth-order valence-electron chi connectivity index (χ4n) is 2.20. The van der Waals surface area contributed by atoms with E-state index in [1.165, 1.54) is 19.4 Å². The van der Waals surface area contributed by atoms with Crippen LogP contribution in [-0.2, 0) is 4.74 Å². The molecule has 1 amide bonds. The minimum Gasteiger partial charge on any atom is -0.465 e. The number of methoxy groups -OCH3 is 1. The van der Waals surface area contributed by atoms with Crippen LogP contribution in [0.2, 0.25) is 0 Å². The number of pyridine rings is 1. The number of hydrogen-bond donors (Lipinski definition) is 2. The largest absolute Gasteiger partial charge is 0.465 e. The summed E-state index contributed by atoms with van der Waals surface area (Å²) >= 11 is 0. The van der Waals surface area contributed by atoms with E-state index in [0.717, 1.165) is 11.1 Å². The van der Waals surface area contributed by atoms with Gasteiger partial charge in [0.05, 0.1) is 24.6 Å². The molecule has 0 aliphatic heterocycles. The summed E-state index contributed by atoms with van der Waals surface area (Å²) in [5.41, 5.74) is 2.69. The van der Waals surface area contributed by atoms with E-state index in [9.17, 15) is 9.59 Å². The second kappa shape index (κ2) is 5.88. The molecule has 2 N–H and O–H groups in total. The van der Waals surface area contributed by atoms with E-state index in [-0.39, 0.29) is 5.91 Å². The van der Waals surface area contributed by atoms with Crippen LogP contribution in [0, 0.1) is 6.92 Å². The third-order valence-electron chi connectivity index (χ3n) is 3.40. The summed E-state index contributed by atoms with van der Waals surface area (Å²) in [6.07, 6.45) is 1.53. The first-order valence-corrected chi connectivity index (χ1v) is 6.89. The molecule has 2 aromatic heterocycles. The van der Waals surface area contributed by atoms with Gasteiger partial charge in [-0.15, -0.1) is 0 Å². The highest BCUT2D eigenvalue weighted by Gasteiger charge is 2.12. The molecule has 3 rings (SSSR count). The summed E-state index contributed by atoms with van der Waals surface area (Å²) in [5, 5.41) is 10.5. The molecule has 0 fully saturated rings. The predicted molar refractivity (Wildman–Crippen MR) is 84.4 cm³/mol. The highest BCUT2D eigenvalue weighted by molar-refractivity contribution is 6.06. The van der Waals surface area contributed by atoms with E-state index in [0.29, 0.717) is 22.5 Å². The topological polar surface area (TPSA) is 97.0 Å². The molecular formula is C16H14N4O3. The van der Waals surface area contributed by atoms with Gasteiger partial charge in [-0.2, -0.15) is 5.10 Å². The Morgan fingerprint density at radius 2 is 2.00 bits per heavy atom. The zero-order chi connectivity index (χ0) is 16.4. The van der Waals surface area contributed by atoms with Crippen molar-refractivity contribution in [2.24, 2.45) is 0 Å². The number of hydrogen-bond acceptors (Lipinski definition) is 5. The lowest BCUT2D eigenvalue weighted by atomic mass is 10.1. The Labute approximate surface area is 131 Å². The van der Waals surface area contributed by atoms with Crippen LogP contribution in [0.1, 0.15) is 26.4 Å². The van der Waals surface area contributed by atoms with Gasteiger partial charge in [0.2, 0.25) is 0 Å². The fourth-order valence-corrected chi connectivity index (χ4v) is 2.20. The third kappa shape index (κ3) is 2.89. The van der Waals surface area contributed by atoms with Crippen molar-refractivity contribution in [1.29, 1.82) is 0 Å². The number of ether oxygens (including phenoxy) is 1. The second-order valence-electron chi connectivity index (χ2n) is 4.97. The van der Waals surface area contributed by atoms with Crippen LogP contribution in [-0.4, -0.2) is 34.2 Å². The van der Waals surface area contributed by atoms with Gasteiger partial charge >= 0.3 is 5.97 Å². The number of amides is 1. The Morgan fingerprint density at radius 3 is 2.78 bits per heavy atom. The van der Waals surface area contributed by atoms with Crippen molar-refractivity contribution in [3.8, 4) is 0 Å². The van der Waals surface area contributed by atoms with E-state index in [1.807, 2.05) is 6.92 Å². The van der Waals surface area contributed by atoms with Gasteiger partial charge in [0, 0.05) is 16.6 Å². The molecule has 1 aromatic carbocycles. The summed E-state index contributed by atoms with van der Waals surface area (Å²) in [4.78, 5) is 28.0. The Balaban J connectivity index is 1.85. The van der Waals surface area contributed by atoms with Gasteiger partial charge < -0.3 is 10.1 Å². The number of aryl methyl sites for hydroxylation is 1. The molecule has 23 heavy (non-hydrogen) atoms. The van der Waals surface area contributed by atoms with Crippen LogP contribution >= 0.6 is 0 Å². The minimum atomic E-state index is -0.489. The number of nitrogens with one attached hydrogen (secondary N) is 2. The molecule has 0 unspecified atom stereocenters. The highest BCUT2D eigenvalue weighted by Crippen LogP contribution is 2.18. The van der Waals surface area contributed by atoms with E-state index >= 15 is 0 Å². The lowest BCUT2D eigenvalue weighted by molar-refractivity contribution is 0.0600. The quantitative estimate of drug-likeness (QED) is 0.723. The number of carbonyl (C=O) groups is 2. The van der Waals surface area contributed by atoms with Gasteiger partial charge in [-0.25, -0.2) is 9.78 Å². The molecule has 0 atom stereocenters. The van der Waals surface area contributed by atoms with Crippen LogP contribution in [0.25, 0.3) is 11.0 Å². The number of rotatable bonds is 3. The average Bonchev–Trinajstić information content (AvgIpc) is 2.95. The number of benzene rings is 1. The summed E-state index contributed by atoms with van der Waals surface area (Å²) < 4.78 is 4.65. The van der Waals surface area contributed by atoms with Gasteiger partial charge in [0.15, 0.2) is 5.65 Å². The molecule has 0 radical (unpaired) electrons. The monoisotopic (exact) mass is 310 g/mol. The normalized spacial score (nSPS) is 10.5. The first kappa shape index (κ1) is 14.7. The first-order chi connectivity index (χ1) is 11.1. The number of esters is 1. The molecule has 3 aromatic rings. The second-order valence-corrected chi connectivity index (χ2v) is 4.97. The van der Waals surface area contributed by atoms with E-state index in [2.05, 4.69) is 25.2 Å². The van der Waals surface area contributed by atoms with Crippen molar-refractivity contribution in [3.63, 3.8) is 0 Å². The maximum atomic E-state index is 12.3. The molecule has 0 saturated heterocycles. The number of nitrogens with zero attached hydrogens (tertiary/aromatic N) is 2. The summed E-state index contributed by atoms with van der Waals surface area (Å²) in [6.45, 7) is 1.88. The van der Waals surface area contributed by atoms with Crippen molar-refractivity contribution in [2.45, 2.75) is 6.92 Å². The lowest BCUT2D eigenvalue weighted by Crippen LogP contribution is -2.13. The van der Waals surface area contributed by atoms with E-state index in [4.69, 9.17) is 0 Å². The Bertz CT molecular complexity index is 901. The number of H-pyrrole nitrogens is 1. The molecule has 0 bridgehead atoms.